The molecule has 2 aliphatic rings. The van der Waals surface area contributed by atoms with E-state index >= 15 is 0 Å². The van der Waals surface area contributed by atoms with E-state index in [-0.39, 0.29) is 21.7 Å². The van der Waals surface area contributed by atoms with Crippen LogP contribution in [0.3, 0.4) is 0 Å². The Morgan fingerprint density at radius 3 is 2.79 bits per heavy atom. The molecule has 1 amide bonds. The average molecular weight is 433 g/mol. The van der Waals surface area contributed by atoms with Crippen molar-refractivity contribution >= 4 is 33.1 Å². The molecule has 0 radical (unpaired) electrons. The largest absolute Gasteiger partial charge is 0.354 e. The molecule has 0 saturated carbocycles. The Balaban J connectivity index is 1.74. The van der Waals surface area contributed by atoms with Crippen molar-refractivity contribution in [2.75, 3.05) is 13.1 Å². The van der Waals surface area contributed by atoms with Crippen LogP contribution >= 0.6 is 11.8 Å². The van der Waals surface area contributed by atoms with Crippen LogP contribution in [0.15, 0.2) is 57.2 Å². The summed E-state index contributed by atoms with van der Waals surface area (Å²) in [6.45, 7) is 2.74. The zero-order valence-corrected chi connectivity index (χ0v) is 17.5. The third-order valence-corrected chi connectivity index (χ3v) is 8.19. The van der Waals surface area contributed by atoms with Gasteiger partial charge < -0.3 is 10.6 Å². The molecule has 4 rings (SSSR count). The van der Waals surface area contributed by atoms with Gasteiger partial charge >= 0.3 is 0 Å². The highest BCUT2D eigenvalue weighted by molar-refractivity contribution is 8.02. The van der Waals surface area contributed by atoms with Crippen molar-refractivity contribution in [3.8, 4) is 0 Å². The molecule has 0 aliphatic carbocycles. The van der Waals surface area contributed by atoms with Gasteiger partial charge in [0.2, 0.25) is 15.7 Å². The molecule has 0 aromatic heterocycles. The monoisotopic (exact) mass is 432 g/mol. The molecule has 0 fully saturated rings. The van der Waals surface area contributed by atoms with E-state index in [1.807, 2.05) is 6.07 Å². The average Bonchev–Trinajstić information content (AvgIpc) is 2.71. The van der Waals surface area contributed by atoms with Crippen molar-refractivity contribution in [2.45, 2.75) is 34.9 Å². The van der Waals surface area contributed by atoms with Crippen LogP contribution in [-0.4, -0.2) is 33.5 Å². The highest BCUT2D eigenvalue weighted by Gasteiger charge is 2.30. The first kappa shape index (κ1) is 20.1. The summed E-state index contributed by atoms with van der Waals surface area (Å²) >= 11 is 1.73. The van der Waals surface area contributed by atoms with Gasteiger partial charge in [-0.15, -0.1) is 11.8 Å². The number of sulfone groups is 1. The Morgan fingerprint density at radius 2 is 2.03 bits per heavy atom. The van der Waals surface area contributed by atoms with Crippen LogP contribution in [0.2, 0.25) is 0 Å². The lowest BCUT2D eigenvalue weighted by atomic mass is 9.93. The molecule has 2 aromatic rings. The number of hydrogen-bond donors (Lipinski definition) is 2. The molecule has 0 spiro atoms. The Kier molecular flexibility index (Phi) is 5.50. The van der Waals surface area contributed by atoms with Gasteiger partial charge in [0.25, 0.3) is 0 Å². The smallest absolute Gasteiger partial charge is 0.216 e. The van der Waals surface area contributed by atoms with Crippen LogP contribution in [0.4, 0.5) is 4.39 Å². The second kappa shape index (κ2) is 7.93. The maximum absolute atomic E-state index is 13.6. The Morgan fingerprint density at radius 1 is 1.24 bits per heavy atom. The predicted molar refractivity (Wildman–Crippen MR) is 112 cm³/mol. The number of amides is 1. The van der Waals surface area contributed by atoms with Gasteiger partial charge in [-0.3, -0.25) is 4.79 Å². The number of fused-ring (bicyclic) bond motifs is 2. The van der Waals surface area contributed by atoms with Crippen molar-refractivity contribution < 1.29 is 17.6 Å². The summed E-state index contributed by atoms with van der Waals surface area (Å²) in [5.74, 6) is 0.0843. The summed E-state index contributed by atoms with van der Waals surface area (Å²) in [5, 5.41) is 6.28. The van der Waals surface area contributed by atoms with Gasteiger partial charge in [-0.05, 0) is 60.0 Å². The molecule has 1 atom stereocenters. The molecule has 29 heavy (non-hydrogen) atoms. The minimum absolute atomic E-state index is 0.0179. The maximum atomic E-state index is 13.6. The number of halogens is 1. The molecule has 2 N–H and O–H groups in total. The molecule has 2 aromatic carbocycles. The number of rotatable bonds is 4. The van der Waals surface area contributed by atoms with E-state index in [2.05, 4.69) is 10.6 Å². The lowest BCUT2D eigenvalue weighted by Gasteiger charge is -2.33. The minimum Gasteiger partial charge on any atom is -0.354 e. The van der Waals surface area contributed by atoms with Crippen molar-refractivity contribution in [3.05, 3.63) is 64.3 Å². The van der Waals surface area contributed by atoms with Crippen molar-refractivity contribution in [1.29, 1.82) is 0 Å². The number of carbonyl (C=O) groups is 1. The summed E-state index contributed by atoms with van der Waals surface area (Å²) in [5.41, 5.74) is 3.15. The fraction of sp³-hybridized carbons (Fsp3) is 0.286. The van der Waals surface area contributed by atoms with Gasteiger partial charge in [-0.25, -0.2) is 12.8 Å². The van der Waals surface area contributed by atoms with Crippen molar-refractivity contribution in [2.24, 2.45) is 0 Å². The highest BCUT2D eigenvalue weighted by Crippen LogP contribution is 2.43. The second-order valence-corrected chi connectivity index (χ2v) is 10.1. The van der Waals surface area contributed by atoms with E-state index in [0.717, 1.165) is 46.4 Å². The van der Waals surface area contributed by atoms with Gasteiger partial charge in [0.1, 0.15) is 5.82 Å². The van der Waals surface area contributed by atoms with E-state index in [1.165, 1.54) is 25.1 Å². The van der Waals surface area contributed by atoms with Crippen LogP contribution in [0.25, 0.3) is 5.57 Å². The summed E-state index contributed by atoms with van der Waals surface area (Å²) in [6, 6.07) is 10.3. The standard InChI is InChI=1S/C21H21FN2O3S2/c1-13(25)24-11-20-21-18(7-8-23-20)19-10-17(6-5-14(19)12-28-21)29(26,27)16-4-2-3-15(22)9-16/h2-6,9-10,20,23H,7-8,11-12H2,1H3,(H,24,25). The molecule has 1 unspecified atom stereocenters. The van der Waals surface area contributed by atoms with E-state index in [0.29, 0.717) is 6.54 Å². The molecule has 2 aliphatic heterocycles. The lowest BCUT2D eigenvalue weighted by molar-refractivity contribution is -0.119. The first-order valence-corrected chi connectivity index (χ1v) is 11.8. The lowest BCUT2D eigenvalue weighted by Crippen LogP contribution is -2.44. The van der Waals surface area contributed by atoms with Gasteiger partial charge in [0.05, 0.1) is 15.8 Å². The summed E-state index contributed by atoms with van der Waals surface area (Å²) in [6.07, 6.45) is 0.787. The molecule has 5 nitrogen and oxygen atoms in total. The topological polar surface area (TPSA) is 75.3 Å². The van der Waals surface area contributed by atoms with Gasteiger partial charge in [0, 0.05) is 24.1 Å². The van der Waals surface area contributed by atoms with Crippen LogP contribution in [0.5, 0.6) is 0 Å². The zero-order chi connectivity index (χ0) is 20.6. The van der Waals surface area contributed by atoms with E-state index in [1.54, 1.807) is 23.9 Å². The summed E-state index contributed by atoms with van der Waals surface area (Å²) in [7, 11) is -3.81. The molecule has 8 heteroatoms. The van der Waals surface area contributed by atoms with Gasteiger partial charge in [-0.1, -0.05) is 12.1 Å². The van der Waals surface area contributed by atoms with Gasteiger partial charge in [0.15, 0.2) is 0 Å². The molecule has 0 bridgehead atoms. The van der Waals surface area contributed by atoms with Crippen LogP contribution in [0, 0.1) is 5.82 Å². The fourth-order valence-electron chi connectivity index (χ4n) is 3.72. The van der Waals surface area contributed by atoms with E-state index in [4.69, 9.17) is 0 Å². The number of carbonyl (C=O) groups excluding carboxylic acids is 1. The van der Waals surface area contributed by atoms with Gasteiger partial charge in [-0.2, -0.15) is 0 Å². The normalized spacial score (nSPS) is 18.8. The van der Waals surface area contributed by atoms with E-state index < -0.39 is 15.7 Å². The zero-order valence-electron chi connectivity index (χ0n) is 15.9. The number of hydrogen-bond acceptors (Lipinski definition) is 5. The van der Waals surface area contributed by atoms with Crippen LogP contribution < -0.4 is 10.6 Å². The molecule has 152 valence electrons. The fourth-order valence-corrected chi connectivity index (χ4v) is 6.35. The predicted octanol–water partition coefficient (Wildman–Crippen LogP) is 3.11. The van der Waals surface area contributed by atoms with Crippen LogP contribution in [-0.2, 0) is 20.4 Å². The first-order chi connectivity index (χ1) is 13.9. The Bertz CT molecular complexity index is 1110. The molecular weight excluding hydrogens is 411 g/mol. The SMILES string of the molecule is CC(=O)NCC1NCCC2=C1SCc1ccc(S(=O)(=O)c3cccc(F)c3)cc12. The molecule has 0 saturated heterocycles. The number of thioether (sulfide) groups is 1. The van der Waals surface area contributed by atoms with Crippen molar-refractivity contribution in [3.63, 3.8) is 0 Å². The first-order valence-electron chi connectivity index (χ1n) is 9.34. The molecular formula is C21H21FN2O3S2. The van der Waals surface area contributed by atoms with Crippen molar-refractivity contribution in [1.82, 2.24) is 10.6 Å². The summed E-state index contributed by atoms with van der Waals surface area (Å²) in [4.78, 5) is 12.6. The number of benzene rings is 2. The Hall–Kier alpha value is -2.16. The third kappa shape index (κ3) is 3.97. The second-order valence-electron chi connectivity index (χ2n) is 7.11. The number of nitrogens with one attached hydrogen (secondary N) is 2. The third-order valence-electron chi connectivity index (χ3n) is 5.14. The minimum atomic E-state index is -3.81. The maximum Gasteiger partial charge on any atom is 0.216 e. The highest BCUT2D eigenvalue weighted by atomic mass is 32.2. The quantitative estimate of drug-likeness (QED) is 0.777. The van der Waals surface area contributed by atoms with Crippen LogP contribution in [0.1, 0.15) is 24.5 Å². The molecule has 2 heterocycles. The van der Waals surface area contributed by atoms with E-state index in [9.17, 15) is 17.6 Å². The summed E-state index contributed by atoms with van der Waals surface area (Å²) < 4.78 is 39.6. The Labute approximate surface area is 173 Å².